The fourth-order valence-electron chi connectivity index (χ4n) is 4.65. The van der Waals surface area contributed by atoms with Crippen LogP contribution in [0.15, 0.2) is 42.0 Å². The molecule has 0 radical (unpaired) electrons. The van der Waals surface area contributed by atoms with Gasteiger partial charge >= 0.3 is 6.18 Å². The Bertz CT molecular complexity index is 1180. The molecule has 2 N–H and O–H groups in total. The number of carbonyl (C=O) groups excluding carboxylic acids is 1. The van der Waals surface area contributed by atoms with Gasteiger partial charge in [-0.05, 0) is 43.9 Å². The van der Waals surface area contributed by atoms with Crippen molar-refractivity contribution in [3.63, 3.8) is 0 Å². The second-order valence-electron chi connectivity index (χ2n) is 8.96. The van der Waals surface area contributed by atoms with E-state index in [1.807, 2.05) is 6.92 Å². The number of halogens is 3. The van der Waals surface area contributed by atoms with E-state index in [1.54, 1.807) is 23.0 Å². The molecule has 1 amide bonds. The van der Waals surface area contributed by atoms with E-state index < -0.39 is 17.7 Å². The maximum Gasteiger partial charge on any atom is 0.412 e. The number of aryl methyl sites for hydroxylation is 1. The van der Waals surface area contributed by atoms with E-state index in [1.165, 1.54) is 6.33 Å². The molecular weight excluding hydrogens is 465 g/mol. The van der Waals surface area contributed by atoms with Crippen LogP contribution in [0, 0.1) is 6.92 Å². The molecule has 0 bridgehead atoms. The summed E-state index contributed by atoms with van der Waals surface area (Å²) >= 11 is 0. The van der Waals surface area contributed by atoms with Gasteiger partial charge in [-0.15, -0.1) is 0 Å². The molecule has 0 aromatic carbocycles. The van der Waals surface area contributed by atoms with Crippen molar-refractivity contribution < 1.29 is 22.7 Å². The van der Waals surface area contributed by atoms with E-state index in [-0.39, 0.29) is 33.7 Å². The third-order valence-corrected chi connectivity index (χ3v) is 9.42. The van der Waals surface area contributed by atoms with Crippen LogP contribution in [0.1, 0.15) is 35.3 Å². The van der Waals surface area contributed by atoms with Crippen molar-refractivity contribution in [2.45, 2.75) is 49.7 Å². The number of ether oxygens (including phenoxy) is 1. The van der Waals surface area contributed by atoms with Crippen LogP contribution in [-0.2, 0) is 4.74 Å². The number of allylic oxidation sites excluding steroid dienone is 2. The van der Waals surface area contributed by atoms with Crippen LogP contribution in [0.3, 0.4) is 0 Å². The van der Waals surface area contributed by atoms with Crippen LogP contribution in [0.4, 0.5) is 19.1 Å². The van der Waals surface area contributed by atoms with Crippen molar-refractivity contribution in [3.8, 4) is 5.82 Å². The van der Waals surface area contributed by atoms with Crippen LogP contribution in [-0.4, -0.2) is 65.5 Å². The van der Waals surface area contributed by atoms with E-state index in [9.17, 15) is 18.0 Å². The van der Waals surface area contributed by atoms with Crippen LogP contribution in [0.25, 0.3) is 5.82 Å². The van der Waals surface area contributed by atoms with Gasteiger partial charge in [0.25, 0.3) is 5.91 Å². The molecule has 2 aromatic rings. The van der Waals surface area contributed by atoms with Gasteiger partial charge < -0.3 is 15.4 Å². The van der Waals surface area contributed by atoms with E-state index in [4.69, 9.17) is 4.74 Å². The summed E-state index contributed by atoms with van der Waals surface area (Å²) < 4.78 is 46.3. The number of aromatic nitrogens is 4. The average Bonchev–Trinajstić information content (AvgIpc) is 3.39. The lowest BCUT2D eigenvalue weighted by molar-refractivity contribution is -0.0941. The fourth-order valence-corrected chi connectivity index (χ4v) is 6.88. The van der Waals surface area contributed by atoms with E-state index >= 15 is 0 Å². The Morgan fingerprint density at radius 3 is 2.97 bits per heavy atom. The Kier molecular flexibility index (Phi) is 5.80. The lowest BCUT2D eigenvalue weighted by atomic mass is 9.99. The molecule has 2 aliphatic heterocycles. The van der Waals surface area contributed by atoms with Gasteiger partial charge in [0.15, 0.2) is 0 Å². The number of hydrogen-bond acceptors (Lipinski definition) is 6. The van der Waals surface area contributed by atoms with Gasteiger partial charge in [0.1, 0.15) is 17.8 Å². The molecule has 2 aromatic heterocycles. The number of hydrogen-bond donors (Lipinski definition) is 2. The monoisotopic (exact) mass is 490 g/mol. The molecule has 1 aliphatic carbocycles. The van der Waals surface area contributed by atoms with E-state index in [0.717, 1.165) is 30.7 Å². The Morgan fingerprint density at radius 1 is 1.38 bits per heavy atom. The maximum absolute atomic E-state index is 12.9. The van der Waals surface area contributed by atoms with Gasteiger partial charge in [0.05, 0.1) is 20.8 Å². The quantitative estimate of drug-likeness (QED) is 0.604. The molecule has 2 unspecified atom stereocenters. The number of alkyl halides is 3. The molecule has 2 atom stereocenters. The highest BCUT2D eigenvalue weighted by atomic mass is 28.2. The predicted octanol–water partition coefficient (Wildman–Crippen LogP) is 2.41. The molecule has 12 heteroatoms. The number of nitrogens with one attached hydrogen (secondary N) is 2. The van der Waals surface area contributed by atoms with Crippen LogP contribution in [0.5, 0.6) is 0 Å². The Balaban J connectivity index is 1.26. The first-order valence-electron chi connectivity index (χ1n) is 11.3. The lowest BCUT2D eigenvalue weighted by Crippen LogP contribution is -2.59. The fraction of sp³-hybridized carbons (Fsp3) is 0.455. The van der Waals surface area contributed by atoms with Gasteiger partial charge in [0, 0.05) is 36.7 Å². The zero-order valence-corrected chi connectivity index (χ0v) is 20.1. The standard InChI is InChI=1S/C22H25F3N6O2Si/c1-13-8-27-20(30-21-5-6-33-19(21)34-11-21)29-17(13)31-10-16(28-12-31)18(32)26-9-14-3-2-4-15(7-14)22(23,24)25/h3,7-8,10,12,19H,2,4-6,9,11,34H2,1H3,(H,26,32)(H,27,29,30). The largest absolute Gasteiger partial charge is 0.412 e. The molecule has 8 nitrogen and oxygen atoms in total. The van der Waals surface area contributed by atoms with Crippen molar-refractivity contribution >= 4 is 21.4 Å². The van der Waals surface area contributed by atoms with Crippen molar-refractivity contribution in [1.29, 1.82) is 0 Å². The van der Waals surface area contributed by atoms with E-state index in [2.05, 4.69) is 25.6 Å². The molecule has 2 saturated heterocycles. The van der Waals surface area contributed by atoms with Gasteiger partial charge in [0.2, 0.25) is 5.95 Å². The Hall–Kier alpha value is -2.99. The highest BCUT2D eigenvalue weighted by Gasteiger charge is 2.52. The zero-order valence-electron chi connectivity index (χ0n) is 18.7. The SMILES string of the molecule is Cc1cnc(NC23CCOC2[SiH2]C3)nc1-n1cnc(C(=O)NCC2=CCCC(C(F)(F)F)=C2)c1. The summed E-state index contributed by atoms with van der Waals surface area (Å²) in [6.45, 7) is 2.63. The minimum atomic E-state index is -4.35. The Morgan fingerprint density at radius 2 is 2.24 bits per heavy atom. The number of carbonyl (C=O) groups is 1. The molecule has 0 spiro atoms. The number of amides is 1. The summed E-state index contributed by atoms with van der Waals surface area (Å²) in [4.78, 5) is 25.8. The first-order valence-corrected chi connectivity index (χ1v) is 13.1. The zero-order chi connectivity index (χ0) is 23.9. The smallest absolute Gasteiger partial charge is 0.380 e. The molecule has 180 valence electrons. The minimum Gasteiger partial charge on any atom is -0.380 e. The van der Waals surface area contributed by atoms with Gasteiger partial charge in [-0.3, -0.25) is 9.36 Å². The first kappa shape index (κ1) is 22.8. The third-order valence-electron chi connectivity index (χ3n) is 6.70. The first-order chi connectivity index (χ1) is 16.2. The normalized spacial score (nSPS) is 24.8. The predicted molar refractivity (Wildman–Crippen MR) is 122 cm³/mol. The molecule has 5 rings (SSSR count). The van der Waals surface area contributed by atoms with Gasteiger partial charge in [-0.2, -0.15) is 18.2 Å². The van der Waals surface area contributed by atoms with Crippen molar-refractivity contribution in [2.24, 2.45) is 0 Å². The van der Waals surface area contributed by atoms with Crippen LogP contribution >= 0.6 is 0 Å². The van der Waals surface area contributed by atoms with Crippen molar-refractivity contribution in [2.75, 3.05) is 18.5 Å². The van der Waals surface area contributed by atoms with Gasteiger partial charge in [-0.1, -0.05) is 6.08 Å². The number of rotatable bonds is 6. The number of imidazole rings is 1. The maximum atomic E-state index is 12.9. The highest BCUT2D eigenvalue weighted by Crippen LogP contribution is 2.40. The van der Waals surface area contributed by atoms with Gasteiger partial charge in [-0.25, -0.2) is 9.97 Å². The number of fused-ring (bicyclic) bond motifs is 1. The lowest BCUT2D eigenvalue weighted by Gasteiger charge is -2.43. The van der Waals surface area contributed by atoms with Crippen molar-refractivity contribution in [1.82, 2.24) is 24.8 Å². The highest BCUT2D eigenvalue weighted by molar-refractivity contribution is 6.43. The summed E-state index contributed by atoms with van der Waals surface area (Å²) in [5.41, 5.74) is 1.09. The minimum absolute atomic E-state index is 0.000506. The summed E-state index contributed by atoms with van der Waals surface area (Å²) in [6, 6.07) is 1.15. The molecule has 34 heavy (non-hydrogen) atoms. The second kappa shape index (κ2) is 8.66. The van der Waals surface area contributed by atoms with Crippen molar-refractivity contribution in [3.05, 3.63) is 53.3 Å². The molecule has 0 saturated carbocycles. The summed E-state index contributed by atoms with van der Waals surface area (Å²) in [6.07, 6.45) is 4.43. The topological polar surface area (TPSA) is 94.0 Å². The summed E-state index contributed by atoms with van der Waals surface area (Å²) in [5, 5.41) is 6.12. The Labute approximate surface area is 196 Å². The van der Waals surface area contributed by atoms with Crippen LogP contribution in [0.2, 0.25) is 6.04 Å². The molecule has 2 fully saturated rings. The number of anilines is 1. The molecule has 4 heterocycles. The number of nitrogens with zero attached hydrogens (tertiary/aromatic N) is 4. The third kappa shape index (κ3) is 4.39. The summed E-state index contributed by atoms with van der Waals surface area (Å²) in [7, 11) is -0.199. The molecular formula is C22H25F3N6O2Si. The second-order valence-corrected chi connectivity index (χ2v) is 10.8. The van der Waals surface area contributed by atoms with Crippen LogP contribution < -0.4 is 10.6 Å². The molecule has 3 aliphatic rings. The van der Waals surface area contributed by atoms with E-state index in [0.29, 0.717) is 29.5 Å². The summed E-state index contributed by atoms with van der Waals surface area (Å²) in [5.74, 6) is 0.641. The average molecular weight is 491 g/mol.